The van der Waals surface area contributed by atoms with Crippen molar-refractivity contribution in [2.75, 3.05) is 20.1 Å². The van der Waals surface area contributed by atoms with E-state index in [4.69, 9.17) is 0 Å². The maximum Gasteiger partial charge on any atom is 0.573 e. The van der Waals surface area contributed by atoms with Gasteiger partial charge in [0.2, 0.25) is 0 Å². The molecule has 0 bridgehead atoms. The summed E-state index contributed by atoms with van der Waals surface area (Å²) in [6.07, 6.45) is -4.29. The third-order valence-electron chi connectivity index (χ3n) is 2.79. The first-order valence-electron chi connectivity index (χ1n) is 7.13. The van der Waals surface area contributed by atoms with Gasteiger partial charge in [-0.2, -0.15) is 0 Å². The van der Waals surface area contributed by atoms with E-state index in [0.717, 1.165) is 0 Å². The van der Waals surface area contributed by atoms with Crippen LogP contribution in [0.25, 0.3) is 0 Å². The van der Waals surface area contributed by atoms with Crippen LogP contribution in [0, 0.1) is 0 Å². The van der Waals surface area contributed by atoms with E-state index in [1.54, 1.807) is 6.07 Å². The first kappa shape index (κ1) is 19.4. The van der Waals surface area contributed by atoms with Gasteiger partial charge in [0.1, 0.15) is 5.75 Å². The van der Waals surface area contributed by atoms with Crippen LogP contribution in [0.1, 0.15) is 12.0 Å². The lowest BCUT2D eigenvalue weighted by molar-refractivity contribution is -0.274. The molecule has 0 radical (unpaired) electrons. The minimum absolute atomic E-state index is 0.116. The second-order valence-electron chi connectivity index (χ2n) is 4.62. The Balaban J connectivity index is 2.33. The van der Waals surface area contributed by atoms with Gasteiger partial charge in [-0.05, 0) is 12.5 Å². The van der Waals surface area contributed by atoms with E-state index in [0.29, 0.717) is 19.5 Å². The lowest BCUT2D eigenvalue weighted by atomic mass is 10.2. The zero-order valence-electron chi connectivity index (χ0n) is 13.0. The molecule has 0 fully saturated rings. The molecule has 0 spiro atoms. The van der Waals surface area contributed by atoms with Crippen LogP contribution in [0.4, 0.5) is 22.8 Å². The minimum Gasteiger partial charge on any atom is -0.405 e. The zero-order valence-corrected chi connectivity index (χ0v) is 13.0. The van der Waals surface area contributed by atoms with E-state index in [1.165, 1.54) is 25.2 Å². The van der Waals surface area contributed by atoms with E-state index < -0.39 is 12.4 Å². The summed E-state index contributed by atoms with van der Waals surface area (Å²) in [4.78, 5) is 22.5. The van der Waals surface area contributed by atoms with Gasteiger partial charge in [-0.25, -0.2) is 9.59 Å². The van der Waals surface area contributed by atoms with E-state index in [-0.39, 0.29) is 23.9 Å². The molecule has 1 aromatic carbocycles. The predicted octanol–water partition coefficient (Wildman–Crippen LogP) is 1.70. The minimum atomic E-state index is -4.80. The van der Waals surface area contributed by atoms with Crippen molar-refractivity contribution in [3.63, 3.8) is 0 Å². The molecule has 0 saturated heterocycles. The van der Waals surface area contributed by atoms with Crippen molar-refractivity contribution in [3.8, 4) is 5.75 Å². The van der Waals surface area contributed by atoms with Crippen molar-refractivity contribution < 1.29 is 27.5 Å². The van der Waals surface area contributed by atoms with Crippen molar-refractivity contribution in [2.24, 2.45) is 0 Å². The number of alkyl halides is 3. The van der Waals surface area contributed by atoms with Gasteiger partial charge in [0.25, 0.3) is 0 Å². The standard InChI is InChI=1S/C14H19F3N4O3/c1-18-12(22)19-7-4-8-20-13(23)21-9-10-5-2-3-6-11(10)24-14(15,16)17/h2-3,5-6H,4,7-9H2,1H3,(H2,18,19,22)(H2,20,21,23). The highest BCUT2D eigenvalue weighted by Crippen LogP contribution is 2.25. The van der Waals surface area contributed by atoms with Crippen LogP contribution in [-0.2, 0) is 6.54 Å². The van der Waals surface area contributed by atoms with Gasteiger partial charge in [-0.3, -0.25) is 0 Å². The van der Waals surface area contributed by atoms with E-state index in [2.05, 4.69) is 26.0 Å². The number of amides is 4. The molecule has 1 aromatic rings. The molecule has 0 aliphatic rings. The molecule has 134 valence electrons. The Labute approximate surface area is 136 Å². The molecule has 1 rings (SSSR count). The fourth-order valence-corrected chi connectivity index (χ4v) is 1.69. The second-order valence-corrected chi connectivity index (χ2v) is 4.62. The lowest BCUT2D eigenvalue weighted by Crippen LogP contribution is -2.38. The third kappa shape index (κ3) is 8.11. The molecule has 24 heavy (non-hydrogen) atoms. The number of urea groups is 2. The van der Waals surface area contributed by atoms with Crippen LogP contribution >= 0.6 is 0 Å². The molecule has 0 unspecified atom stereocenters. The number of nitrogens with one attached hydrogen (secondary N) is 4. The molecule has 0 atom stereocenters. The Hall–Kier alpha value is -2.65. The van der Waals surface area contributed by atoms with Crippen LogP contribution in [0.5, 0.6) is 5.75 Å². The maximum absolute atomic E-state index is 12.3. The smallest absolute Gasteiger partial charge is 0.405 e. The number of carbonyl (C=O) groups is 2. The van der Waals surface area contributed by atoms with Gasteiger partial charge in [0.15, 0.2) is 0 Å². The summed E-state index contributed by atoms with van der Waals surface area (Å²) in [5.74, 6) is -0.361. The van der Waals surface area contributed by atoms with Crippen LogP contribution in [0.2, 0.25) is 0 Å². The van der Waals surface area contributed by atoms with Crippen LogP contribution < -0.4 is 26.0 Å². The number of benzene rings is 1. The van der Waals surface area contributed by atoms with Crippen LogP contribution in [0.3, 0.4) is 0 Å². The molecule has 4 amide bonds. The first-order chi connectivity index (χ1) is 11.3. The number of carbonyl (C=O) groups excluding carboxylic acids is 2. The van der Waals surface area contributed by atoms with Gasteiger partial charge in [0.05, 0.1) is 0 Å². The molecule has 4 N–H and O–H groups in total. The highest BCUT2D eigenvalue weighted by atomic mass is 19.4. The number of ether oxygens (including phenoxy) is 1. The first-order valence-corrected chi connectivity index (χ1v) is 7.13. The summed E-state index contributed by atoms with van der Waals surface area (Å²) >= 11 is 0. The topological polar surface area (TPSA) is 91.5 Å². The summed E-state index contributed by atoms with van der Waals surface area (Å²) in [6.45, 7) is 0.563. The highest BCUT2D eigenvalue weighted by molar-refractivity contribution is 5.74. The normalized spacial score (nSPS) is 10.7. The molecule has 0 aliphatic carbocycles. The Morgan fingerprint density at radius 1 is 1.04 bits per heavy atom. The van der Waals surface area contributed by atoms with Crippen LogP contribution in [0.15, 0.2) is 24.3 Å². The lowest BCUT2D eigenvalue weighted by Gasteiger charge is -2.14. The van der Waals surface area contributed by atoms with Crippen molar-refractivity contribution >= 4 is 12.1 Å². The number of halogens is 3. The third-order valence-corrected chi connectivity index (χ3v) is 2.79. The zero-order chi connectivity index (χ0) is 18.0. The fraction of sp³-hybridized carbons (Fsp3) is 0.429. The second kappa shape index (κ2) is 9.48. The molecule has 0 aliphatic heterocycles. The Morgan fingerprint density at radius 3 is 2.29 bits per heavy atom. The number of para-hydroxylation sites is 1. The summed E-state index contributed by atoms with van der Waals surface area (Å²) in [5, 5.41) is 9.90. The van der Waals surface area contributed by atoms with Crippen molar-refractivity contribution in [3.05, 3.63) is 29.8 Å². The Morgan fingerprint density at radius 2 is 1.67 bits per heavy atom. The Bertz CT molecular complexity index is 552. The molecular weight excluding hydrogens is 329 g/mol. The number of hydrogen-bond donors (Lipinski definition) is 4. The van der Waals surface area contributed by atoms with E-state index in [9.17, 15) is 22.8 Å². The monoisotopic (exact) mass is 348 g/mol. The molecule has 0 aromatic heterocycles. The molecule has 0 saturated carbocycles. The van der Waals surface area contributed by atoms with Gasteiger partial charge < -0.3 is 26.0 Å². The van der Waals surface area contributed by atoms with E-state index in [1.807, 2.05) is 0 Å². The number of hydrogen-bond acceptors (Lipinski definition) is 3. The van der Waals surface area contributed by atoms with Crippen LogP contribution in [-0.4, -0.2) is 38.6 Å². The quantitative estimate of drug-likeness (QED) is 0.565. The Kier molecular flexibility index (Phi) is 7.66. The average Bonchev–Trinajstić information content (AvgIpc) is 2.52. The van der Waals surface area contributed by atoms with Gasteiger partial charge in [-0.15, -0.1) is 13.2 Å². The van der Waals surface area contributed by atoms with Crippen molar-refractivity contribution in [1.82, 2.24) is 21.3 Å². The molecule has 7 nitrogen and oxygen atoms in total. The van der Waals surface area contributed by atoms with Crippen molar-refractivity contribution in [2.45, 2.75) is 19.3 Å². The summed E-state index contributed by atoms with van der Waals surface area (Å²) < 4.78 is 40.7. The fourth-order valence-electron chi connectivity index (χ4n) is 1.69. The highest BCUT2D eigenvalue weighted by Gasteiger charge is 2.31. The number of rotatable bonds is 7. The molecule has 0 heterocycles. The summed E-state index contributed by atoms with van der Waals surface area (Å²) in [7, 11) is 1.49. The van der Waals surface area contributed by atoms with Gasteiger partial charge in [-0.1, -0.05) is 18.2 Å². The summed E-state index contributed by atoms with van der Waals surface area (Å²) in [5.41, 5.74) is 0.200. The SMILES string of the molecule is CNC(=O)NCCCNC(=O)NCc1ccccc1OC(F)(F)F. The maximum atomic E-state index is 12.3. The summed E-state index contributed by atoms with van der Waals surface area (Å²) in [6, 6.07) is 4.70. The molecule has 10 heteroatoms. The largest absolute Gasteiger partial charge is 0.573 e. The average molecular weight is 348 g/mol. The molecular formula is C14H19F3N4O3. The van der Waals surface area contributed by atoms with Crippen molar-refractivity contribution in [1.29, 1.82) is 0 Å². The predicted molar refractivity (Wildman–Crippen MR) is 80.4 cm³/mol. The van der Waals surface area contributed by atoms with Gasteiger partial charge in [0, 0.05) is 32.2 Å². The van der Waals surface area contributed by atoms with Gasteiger partial charge >= 0.3 is 18.4 Å². The van der Waals surface area contributed by atoms with E-state index >= 15 is 0 Å².